The number of hydrogen-bond donors (Lipinski definition) is 1. The van der Waals surface area contributed by atoms with Crippen molar-refractivity contribution < 1.29 is 13.5 Å². The molecule has 0 spiro atoms. The second kappa shape index (κ2) is 11.9. The van der Waals surface area contributed by atoms with Gasteiger partial charge in [-0.05, 0) is 83.2 Å². The highest BCUT2D eigenvalue weighted by atomic mass is 19.2. The summed E-state index contributed by atoms with van der Waals surface area (Å²) in [5, 5.41) is 10.6. The highest BCUT2D eigenvalue weighted by Crippen LogP contribution is 2.35. The minimum absolute atomic E-state index is 0.183. The summed E-state index contributed by atoms with van der Waals surface area (Å²) in [7, 11) is 4.02. The lowest BCUT2D eigenvalue weighted by Gasteiger charge is -2.31. The van der Waals surface area contributed by atoms with Crippen molar-refractivity contribution in [2.75, 3.05) is 32.9 Å². The van der Waals surface area contributed by atoms with Gasteiger partial charge in [-0.1, -0.05) is 18.2 Å². The normalized spacial score (nSPS) is 16.3. The zero-order valence-electron chi connectivity index (χ0n) is 24.3. The first-order chi connectivity index (χ1) is 20.1. The molecule has 218 valence electrons. The summed E-state index contributed by atoms with van der Waals surface area (Å²) in [6.07, 6.45) is 7.61. The van der Waals surface area contributed by atoms with E-state index >= 15 is 0 Å². The highest BCUT2D eigenvalue weighted by molar-refractivity contribution is 6.00. The summed E-state index contributed by atoms with van der Waals surface area (Å²) in [5.41, 5.74) is 9.33. The predicted molar refractivity (Wildman–Crippen MR) is 160 cm³/mol. The van der Waals surface area contributed by atoms with Crippen LogP contribution in [0.25, 0.3) is 22.2 Å². The van der Waals surface area contributed by atoms with Crippen LogP contribution in [0, 0.1) is 23.0 Å². The van der Waals surface area contributed by atoms with Gasteiger partial charge in [0, 0.05) is 42.0 Å². The third-order valence-electron chi connectivity index (χ3n) is 8.10. The van der Waals surface area contributed by atoms with Crippen LogP contribution in [0.5, 0.6) is 11.5 Å². The number of nitriles is 1. The smallest absolute Gasteiger partial charge is 0.201 e. The molecule has 1 aliphatic rings. The standard InChI is InChI=1S/C32H35F2N7O/c1-32(2,39(3)4)15-21(16-35)17-40-14-6-7-23(40)18-41-19-25(28-30(36)37-20-38-31(28)41)22-10-12-24(13-11-22)42-27-9-5-8-26(33)29(27)34/h5,8-13,15,19-20,23H,6-7,14,17-18H2,1-4H3,(H2,36,37,38). The number of nitrogens with zero attached hydrogens (tertiary/aromatic N) is 6. The van der Waals surface area contributed by atoms with Crippen molar-refractivity contribution in [3.63, 3.8) is 0 Å². The number of likely N-dealkylation sites (tertiary alicyclic amines) is 1. The lowest BCUT2D eigenvalue weighted by Crippen LogP contribution is -2.38. The fourth-order valence-corrected chi connectivity index (χ4v) is 5.32. The lowest BCUT2D eigenvalue weighted by atomic mass is 10.00. The second-order valence-electron chi connectivity index (χ2n) is 11.4. The molecule has 4 aromatic rings. The number of likely N-dealkylation sites (N-methyl/N-ethyl adjacent to an activating group) is 1. The Hall–Kier alpha value is -4.33. The van der Waals surface area contributed by atoms with Crippen LogP contribution in [0.3, 0.4) is 0 Å². The third kappa shape index (κ3) is 5.98. The van der Waals surface area contributed by atoms with E-state index in [-0.39, 0.29) is 17.3 Å². The van der Waals surface area contributed by atoms with Gasteiger partial charge in [0.2, 0.25) is 5.82 Å². The van der Waals surface area contributed by atoms with Gasteiger partial charge in [0.25, 0.3) is 0 Å². The molecule has 1 saturated heterocycles. The van der Waals surface area contributed by atoms with Crippen molar-refractivity contribution in [1.29, 1.82) is 5.26 Å². The van der Waals surface area contributed by atoms with Crippen LogP contribution in [0.15, 0.2) is 66.6 Å². The number of ether oxygens (including phenoxy) is 1. The topological polar surface area (TPSA) is 96.2 Å². The monoisotopic (exact) mass is 571 g/mol. The number of hydrogen-bond acceptors (Lipinski definition) is 7. The number of anilines is 1. The highest BCUT2D eigenvalue weighted by Gasteiger charge is 2.28. The van der Waals surface area contributed by atoms with Crippen LogP contribution >= 0.6 is 0 Å². The molecule has 42 heavy (non-hydrogen) atoms. The van der Waals surface area contributed by atoms with Gasteiger partial charge in [-0.2, -0.15) is 9.65 Å². The van der Waals surface area contributed by atoms with E-state index in [4.69, 9.17) is 10.5 Å². The number of halogens is 2. The lowest BCUT2D eigenvalue weighted by molar-refractivity contribution is 0.241. The van der Waals surface area contributed by atoms with Gasteiger partial charge in [0.15, 0.2) is 11.6 Å². The largest absolute Gasteiger partial charge is 0.454 e. The van der Waals surface area contributed by atoms with E-state index in [1.165, 1.54) is 18.5 Å². The molecule has 0 saturated carbocycles. The Morgan fingerprint density at radius 1 is 1.19 bits per heavy atom. The molecule has 0 radical (unpaired) electrons. The van der Waals surface area contributed by atoms with Crippen LogP contribution in [0.4, 0.5) is 14.6 Å². The summed E-state index contributed by atoms with van der Waals surface area (Å²) in [5.74, 6) is -1.44. The molecular formula is C32H35F2N7O. The zero-order chi connectivity index (χ0) is 30.0. The predicted octanol–water partition coefficient (Wildman–Crippen LogP) is 6.01. The molecule has 3 heterocycles. The molecule has 10 heteroatoms. The van der Waals surface area contributed by atoms with Gasteiger partial charge in [-0.15, -0.1) is 0 Å². The molecule has 1 aliphatic heterocycles. The van der Waals surface area contributed by atoms with E-state index in [2.05, 4.69) is 50.3 Å². The van der Waals surface area contributed by atoms with Crippen LogP contribution in [-0.4, -0.2) is 63.1 Å². The first-order valence-corrected chi connectivity index (χ1v) is 13.9. The average Bonchev–Trinajstić information content (AvgIpc) is 3.56. The Morgan fingerprint density at radius 2 is 1.95 bits per heavy atom. The summed E-state index contributed by atoms with van der Waals surface area (Å²) < 4.78 is 35.4. The summed E-state index contributed by atoms with van der Waals surface area (Å²) in [6.45, 7) is 6.39. The van der Waals surface area contributed by atoms with Crippen molar-refractivity contribution in [3.8, 4) is 28.7 Å². The van der Waals surface area contributed by atoms with Crippen molar-refractivity contribution in [3.05, 3.63) is 78.3 Å². The Bertz CT molecular complexity index is 1650. The third-order valence-corrected chi connectivity index (χ3v) is 8.10. The minimum Gasteiger partial charge on any atom is -0.454 e. The van der Waals surface area contributed by atoms with Crippen LogP contribution in [0.2, 0.25) is 0 Å². The van der Waals surface area contributed by atoms with E-state index < -0.39 is 11.6 Å². The summed E-state index contributed by atoms with van der Waals surface area (Å²) in [6, 6.07) is 13.5. The molecule has 1 fully saturated rings. The van der Waals surface area contributed by atoms with Crippen molar-refractivity contribution in [2.24, 2.45) is 0 Å². The van der Waals surface area contributed by atoms with E-state index in [9.17, 15) is 14.0 Å². The molecule has 2 aromatic carbocycles. The number of rotatable bonds is 9. The summed E-state index contributed by atoms with van der Waals surface area (Å²) >= 11 is 0. The van der Waals surface area contributed by atoms with Gasteiger partial charge >= 0.3 is 0 Å². The SMILES string of the molecule is CN(C)C(C)(C)C=C(C#N)CN1CCCC1Cn1cc(-c2ccc(Oc3cccc(F)c3F)cc2)c2c(N)ncnc21. The second-order valence-corrected chi connectivity index (χ2v) is 11.4. The van der Waals surface area contributed by atoms with Crippen LogP contribution in [0.1, 0.15) is 26.7 Å². The van der Waals surface area contributed by atoms with Crippen molar-refractivity contribution in [2.45, 2.75) is 44.8 Å². The van der Waals surface area contributed by atoms with E-state index in [0.29, 0.717) is 24.7 Å². The number of fused-ring (bicyclic) bond motifs is 1. The van der Waals surface area contributed by atoms with Gasteiger partial charge < -0.3 is 19.9 Å². The Kier molecular flexibility index (Phi) is 8.25. The average molecular weight is 572 g/mol. The molecular weight excluding hydrogens is 536 g/mol. The van der Waals surface area contributed by atoms with Gasteiger partial charge in [0.05, 0.1) is 11.5 Å². The molecule has 2 N–H and O–H groups in total. The van der Waals surface area contributed by atoms with E-state index in [1.807, 2.05) is 32.4 Å². The van der Waals surface area contributed by atoms with Crippen molar-refractivity contribution in [1.82, 2.24) is 24.3 Å². The maximum Gasteiger partial charge on any atom is 0.201 e. The van der Waals surface area contributed by atoms with Crippen LogP contribution < -0.4 is 10.5 Å². The first kappa shape index (κ1) is 29.2. The molecule has 1 unspecified atom stereocenters. The maximum atomic E-state index is 14.1. The van der Waals surface area contributed by atoms with E-state index in [1.54, 1.807) is 12.1 Å². The Morgan fingerprint density at radius 3 is 2.67 bits per heavy atom. The molecule has 2 aromatic heterocycles. The number of nitrogen functional groups attached to an aromatic ring is 1. The van der Waals surface area contributed by atoms with E-state index in [0.717, 1.165) is 53.2 Å². The number of nitrogens with two attached hydrogens (primary N) is 1. The molecule has 5 rings (SSSR count). The molecule has 8 nitrogen and oxygen atoms in total. The molecule has 1 atom stereocenters. The quantitative estimate of drug-likeness (QED) is 0.246. The first-order valence-electron chi connectivity index (χ1n) is 13.9. The molecule has 0 amide bonds. The minimum atomic E-state index is -1.03. The van der Waals surface area contributed by atoms with Gasteiger partial charge in [-0.3, -0.25) is 4.90 Å². The summed E-state index contributed by atoms with van der Waals surface area (Å²) in [4.78, 5) is 13.3. The fourth-order valence-electron chi connectivity index (χ4n) is 5.32. The van der Waals surface area contributed by atoms with Gasteiger partial charge in [-0.25, -0.2) is 14.4 Å². The van der Waals surface area contributed by atoms with Crippen molar-refractivity contribution >= 4 is 16.9 Å². The maximum absolute atomic E-state index is 14.1. The molecule has 0 bridgehead atoms. The van der Waals surface area contributed by atoms with Gasteiger partial charge in [0.1, 0.15) is 23.5 Å². The number of aromatic nitrogens is 3. The zero-order valence-corrected chi connectivity index (χ0v) is 24.3. The van der Waals surface area contributed by atoms with Crippen LogP contribution in [-0.2, 0) is 6.54 Å². The Balaban J connectivity index is 1.41. The number of benzene rings is 2. The Labute approximate surface area is 244 Å². The fraction of sp³-hybridized carbons (Fsp3) is 0.344. The molecule has 0 aliphatic carbocycles.